The van der Waals surface area contributed by atoms with Gasteiger partial charge in [0, 0.05) is 0 Å². The van der Waals surface area contributed by atoms with Crippen LogP contribution in [-0.2, 0) is 26.7 Å². The van der Waals surface area contributed by atoms with Gasteiger partial charge in [-0.25, -0.2) is 4.98 Å². The van der Waals surface area contributed by atoms with Crippen LogP contribution >= 0.6 is 0 Å². The van der Waals surface area contributed by atoms with Gasteiger partial charge in [-0.05, 0) is 18.6 Å². The second-order valence-electron chi connectivity index (χ2n) is 4.34. The number of carbonyl (C=O) groups is 2. The molecule has 1 aromatic rings. The molecule has 0 fully saturated rings. The van der Waals surface area contributed by atoms with Crippen molar-refractivity contribution in [2.45, 2.75) is 45.1 Å². The first-order valence-corrected chi connectivity index (χ1v) is 6.73. The summed E-state index contributed by atoms with van der Waals surface area (Å²) < 4.78 is 0. The minimum absolute atomic E-state index is 0. The van der Waals surface area contributed by atoms with Gasteiger partial charge in [-0.1, -0.05) is 32.6 Å². The van der Waals surface area contributed by atoms with Crippen LogP contribution < -0.4 is 10.2 Å². The molecule has 22 heavy (non-hydrogen) atoms. The molecule has 0 aliphatic carbocycles. The van der Waals surface area contributed by atoms with E-state index in [1.807, 2.05) is 0 Å². The quantitative estimate of drug-likeness (QED) is 0.360. The van der Waals surface area contributed by atoms with E-state index in [4.69, 9.17) is 5.11 Å². The fourth-order valence-corrected chi connectivity index (χ4v) is 1.40. The minimum Gasteiger partial charge on any atom is -0.547 e. The van der Waals surface area contributed by atoms with E-state index in [0.717, 1.165) is 31.8 Å². The summed E-state index contributed by atoms with van der Waals surface area (Å²) >= 11 is 0. The molecule has 1 heterocycles. The maximum atomic E-state index is 10.0. The molecule has 0 amide bonds. The Kier molecular flexibility index (Phi) is 14.7. The molecule has 1 rings (SSSR count). The number of nitrogens with one attached hydrogen (secondary N) is 1. The van der Waals surface area contributed by atoms with Crippen LogP contribution in [-0.4, -0.2) is 33.1 Å². The predicted octanol–water partition coefficient (Wildman–Crippen LogP) is -0.762. The molecule has 0 spiro atoms. The van der Waals surface area contributed by atoms with E-state index >= 15 is 0 Å². The zero-order valence-corrected chi connectivity index (χ0v) is 13.5. The van der Waals surface area contributed by atoms with Crippen molar-refractivity contribution in [3.8, 4) is 0 Å². The number of nitrogens with zero attached hydrogens (tertiary/aromatic N) is 1. The van der Waals surface area contributed by atoms with Crippen LogP contribution in [0.25, 0.3) is 6.08 Å². The first-order chi connectivity index (χ1) is 9.97. The molecular formula is C14H20MnN2O5. The number of imidazole rings is 1. The van der Waals surface area contributed by atoms with E-state index in [1.54, 1.807) is 0 Å². The average molecular weight is 351 g/mol. The van der Waals surface area contributed by atoms with Crippen LogP contribution in [0.3, 0.4) is 0 Å². The van der Waals surface area contributed by atoms with E-state index in [1.165, 1.54) is 18.6 Å². The van der Waals surface area contributed by atoms with Crippen LogP contribution in [0, 0.1) is 0 Å². The normalized spacial score (nSPS) is 11.2. The Bertz CT molecular complexity index is 434. The van der Waals surface area contributed by atoms with E-state index in [-0.39, 0.29) is 17.1 Å². The number of H-pyrrole nitrogens is 1. The van der Waals surface area contributed by atoms with Gasteiger partial charge in [-0.3, -0.25) is 0 Å². The van der Waals surface area contributed by atoms with Gasteiger partial charge in [-0.2, -0.15) is 0 Å². The maximum Gasteiger partial charge on any atom is 2.00 e. The zero-order valence-electron chi connectivity index (χ0n) is 12.3. The SMILES string of the molecule is CCCCCCC(O)C(=O)[O-].O=C([O-])C=Cc1cnc[nH]1.[Mn+2]. The van der Waals surface area contributed by atoms with E-state index in [2.05, 4.69) is 16.9 Å². The second-order valence-corrected chi connectivity index (χ2v) is 4.34. The average Bonchev–Trinajstić information content (AvgIpc) is 2.95. The Morgan fingerprint density at radius 3 is 2.50 bits per heavy atom. The van der Waals surface area contributed by atoms with Gasteiger partial charge in [-0.15, -0.1) is 0 Å². The van der Waals surface area contributed by atoms with Crippen molar-refractivity contribution in [2.75, 3.05) is 0 Å². The Hall–Kier alpha value is -1.63. The van der Waals surface area contributed by atoms with Crippen molar-refractivity contribution < 1.29 is 42.0 Å². The summed E-state index contributed by atoms with van der Waals surface area (Å²) in [6.45, 7) is 2.08. The van der Waals surface area contributed by atoms with E-state index in [0.29, 0.717) is 12.1 Å². The molecule has 1 unspecified atom stereocenters. The molecule has 8 heteroatoms. The van der Waals surface area contributed by atoms with Gasteiger partial charge >= 0.3 is 17.1 Å². The van der Waals surface area contributed by atoms with Crippen LogP contribution in [0.5, 0.6) is 0 Å². The Morgan fingerprint density at radius 2 is 2.05 bits per heavy atom. The summed E-state index contributed by atoms with van der Waals surface area (Å²) in [7, 11) is 0. The number of aliphatic hydroxyl groups is 1. The van der Waals surface area contributed by atoms with Gasteiger partial charge in [0.25, 0.3) is 0 Å². The molecule has 123 valence electrons. The number of aromatic nitrogens is 2. The number of aliphatic carboxylic acids is 2. The largest absolute Gasteiger partial charge is 2.00 e. The molecule has 1 radical (unpaired) electrons. The molecule has 0 aromatic carbocycles. The number of hydrogen-bond donors (Lipinski definition) is 2. The molecule has 0 aliphatic heterocycles. The first-order valence-electron chi connectivity index (χ1n) is 6.73. The van der Waals surface area contributed by atoms with Crippen LogP contribution in [0.1, 0.15) is 44.7 Å². The molecule has 2 N–H and O–H groups in total. The standard InChI is InChI=1S/C8H16O3.C6H6N2O2.Mn/c1-2-3-4-5-6-7(9)8(10)11;9-6(10)2-1-5-3-7-4-8-5;/h7,9H,2-6H2,1H3,(H,10,11);1-4H,(H,7,8)(H,9,10);/q;;+2/p-2. The van der Waals surface area contributed by atoms with E-state index < -0.39 is 18.0 Å². The number of unbranched alkanes of at least 4 members (excludes halogenated alkanes) is 3. The summed E-state index contributed by atoms with van der Waals surface area (Å²) in [5.41, 5.74) is 0.643. The van der Waals surface area contributed by atoms with Crippen molar-refractivity contribution in [3.63, 3.8) is 0 Å². The number of hydrogen-bond acceptors (Lipinski definition) is 6. The van der Waals surface area contributed by atoms with Crippen molar-refractivity contribution >= 4 is 18.0 Å². The predicted molar refractivity (Wildman–Crippen MR) is 72.4 cm³/mol. The van der Waals surface area contributed by atoms with Crippen molar-refractivity contribution in [1.82, 2.24) is 9.97 Å². The number of aliphatic hydroxyl groups excluding tert-OH is 1. The summed E-state index contributed by atoms with van der Waals surface area (Å²) in [6, 6.07) is 0. The summed E-state index contributed by atoms with van der Waals surface area (Å²) in [5.74, 6) is -2.57. The Labute approximate surface area is 139 Å². The fourth-order valence-electron chi connectivity index (χ4n) is 1.40. The number of carboxylic acid groups (broad SMARTS) is 2. The van der Waals surface area contributed by atoms with Crippen molar-refractivity contribution in [3.05, 3.63) is 24.3 Å². The van der Waals surface area contributed by atoms with E-state index in [9.17, 15) is 19.8 Å². The Balaban J connectivity index is 0. The molecule has 0 saturated carbocycles. The first kappa shape index (κ1) is 22.6. The fraction of sp³-hybridized carbons (Fsp3) is 0.500. The minimum atomic E-state index is -1.36. The molecule has 0 bridgehead atoms. The third-order valence-corrected chi connectivity index (χ3v) is 2.52. The van der Waals surface area contributed by atoms with Gasteiger partial charge in [0.05, 0.1) is 36.3 Å². The molecule has 0 saturated heterocycles. The maximum absolute atomic E-state index is 10.0. The van der Waals surface area contributed by atoms with Gasteiger partial charge in [0.1, 0.15) is 0 Å². The van der Waals surface area contributed by atoms with Gasteiger partial charge in [0.15, 0.2) is 0 Å². The molecule has 0 aliphatic rings. The zero-order chi connectivity index (χ0) is 16.1. The molecule has 1 atom stereocenters. The summed E-state index contributed by atoms with van der Waals surface area (Å²) in [5, 5.41) is 28.6. The third-order valence-electron chi connectivity index (χ3n) is 2.52. The number of carbonyl (C=O) groups excluding carboxylic acids is 2. The van der Waals surface area contributed by atoms with Crippen LogP contribution in [0.15, 0.2) is 18.6 Å². The molecule has 1 aromatic heterocycles. The smallest absolute Gasteiger partial charge is 0.547 e. The van der Waals surface area contributed by atoms with Gasteiger partial charge < -0.3 is 29.9 Å². The number of carboxylic acids is 2. The number of rotatable bonds is 8. The summed E-state index contributed by atoms with van der Waals surface area (Å²) in [4.78, 5) is 26.2. The topological polar surface area (TPSA) is 129 Å². The van der Waals surface area contributed by atoms with Crippen LogP contribution in [0.2, 0.25) is 0 Å². The van der Waals surface area contributed by atoms with Gasteiger partial charge in [0.2, 0.25) is 0 Å². The molecular weight excluding hydrogens is 331 g/mol. The van der Waals surface area contributed by atoms with Crippen molar-refractivity contribution in [1.29, 1.82) is 0 Å². The summed E-state index contributed by atoms with van der Waals surface area (Å²) in [6.07, 6.45) is 8.31. The van der Waals surface area contributed by atoms with Crippen LogP contribution in [0.4, 0.5) is 0 Å². The Morgan fingerprint density at radius 1 is 1.36 bits per heavy atom. The number of aromatic amines is 1. The monoisotopic (exact) mass is 351 g/mol. The third kappa shape index (κ3) is 13.4. The van der Waals surface area contributed by atoms with Crippen molar-refractivity contribution in [2.24, 2.45) is 0 Å². The second kappa shape index (κ2) is 14.3. The molecule has 7 nitrogen and oxygen atoms in total.